The monoisotopic (exact) mass is 272 g/mol. The Morgan fingerprint density at radius 2 is 1.82 bits per heavy atom. The smallest absolute Gasteiger partial charge is 0.500 e. The number of hydrogen-bond acceptors (Lipinski definition) is 3. The summed E-state index contributed by atoms with van der Waals surface area (Å²) < 4.78 is 46.8. The number of rotatable bonds is 3. The maximum Gasteiger partial charge on any atom is 1.00 e. The number of carbonyl (C=O) groups excluding carboxylic acids is 1. The molecule has 17 heavy (non-hydrogen) atoms. The normalized spacial score (nSPS) is 10.4. The maximum atomic E-state index is 12.6. The first kappa shape index (κ1) is 17.0. The van der Waals surface area contributed by atoms with Crippen LogP contribution in [0.3, 0.4) is 0 Å². The van der Waals surface area contributed by atoms with Crippen molar-refractivity contribution in [1.82, 2.24) is 0 Å². The Balaban J connectivity index is 0.00000256. The predicted octanol–water partition coefficient (Wildman–Crippen LogP) is -1.46. The molecule has 88 valence electrons. The minimum Gasteiger partial charge on any atom is -0.500 e. The number of methoxy groups -OCH3 is 2. The first-order chi connectivity index (χ1) is 7.40. The van der Waals surface area contributed by atoms with E-state index in [9.17, 15) is 17.7 Å². The molecule has 0 aliphatic rings. The molecular weight excluding hydrogens is 263 g/mol. The van der Waals surface area contributed by atoms with Crippen molar-refractivity contribution in [2.24, 2.45) is 0 Å². The van der Waals surface area contributed by atoms with Gasteiger partial charge in [0.25, 0.3) is 0 Å². The van der Waals surface area contributed by atoms with E-state index in [0.717, 1.165) is 26.4 Å². The van der Waals surface area contributed by atoms with Gasteiger partial charge >= 0.3 is 64.3 Å². The molecule has 8 heteroatoms. The van der Waals surface area contributed by atoms with Crippen molar-refractivity contribution in [3.63, 3.8) is 0 Å². The summed E-state index contributed by atoms with van der Waals surface area (Å²) in [6.07, 6.45) is 0. The summed E-state index contributed by atoms with van der Waals surface area (Å²) in [5.41, 5.74) is -1.09. The average molecular weight is 272 g/mol. The number of benzene rings is 1. The van der Waals surface area contributed by atoms with Crippen LogP contribution in [0, 0.1) is 0 Å². The molecule has 0 bridgehead atoms. The third kappa shape index (κ3) is 4.29. The van der Waals surface area contributed by atoms with Gasteiger partial charge in [0.2, 0.25) is 0 Å². The van der Waals surface area contributed by atoms with Crippen LogP contribution in [-0.2, 0) is 4.74 Å². The van der Waals surface area contributed by atoms with E-state index in [1.54, 1.807) is 0 Å². The van der Waals surface area contributed by atoms with Crippen LogP contribution in [0.15, 0.2) is 18.2 Å². The van der Waals surface area contributed by atoms with Crippen molar-refractivity contribution in [2.45, 2.75) is 0 Å². The van der Waals surface area contributed by atoms with E-state index in [1.165, 1.54) is 6.07 Å². The Morgan fingerprint density at radius 3 is 2.24 bits per heavy atom. The van der Waals surface area contributed by atoms with E-state index in [-0.39, 0.29) is 62.7 Å². The molecule has 0 aliphatic heterocycles. The number of halogens is 3. The quantitative estimate of drug-likeness (QED) is 0.498. The molecule has 0 spiro atoms. The minimum absolute atomic E-state index is 0. The van der Waals surface area contributed by atoms with Crippen LogP contribution in [0.2, 0.25) is 0 Å². The van der Waals surface area contributed by atoms with Crippen molar-refractivity contribution in [2.75, 3.05) is 14.2 Å². The van der Waals surface area contributed by atoms with Gasteiger partial charge in [0.1, 0.15) is 0 Å². The Bertz CT molecular complexity index is 409. The SMILES string of the molecule is COC(=O)c1ccc(OC)c([B-](F)(F)F)c1.[K+]. The summed E-state index contributed by atoms with van der Waals surface area (Å²) in [6, 6.07) is 3.04. The molecule has 1 aromatic rings. The van der Waals surface area contributed by atoms with E-state index in [1.807, 2.05) is 0 Å². The Labute approximate surface area is 139 Å². The summed E-state index contributed by atoms with van der Waals surface area (Å²) in [4.78, 5) is 11.1. The van der Waals surface area contributed by atoms with E-state index in [2.05, 4.69) is 9.47 Å². The second kappa shape index (κ2) is 6.79. The van der Waals surface area contributed by atoms with Crippen LogP contribution in [-0.4, -0.2) is 27.2 Å². The second-order valence-corrected chi connectivity index (χ2v) is 3.02. The topological polar surface area (TPSA) is 35.5 Å². The average Bonchev–Trinajstić information content (AvgIpc) is 2.26. The summed E-state index contributed by atoms with van der Waals surface area (Å²) in [6.45, 7) is -5.23. The molecule has 0 heterocycles. The third-order valence-corrected chi connectivity index (χ3v) is 2.00. The Morgan fingerprint density at radius 1 is 1.24 bits per heavy atom. The summed E-state index contributed by atoms with van der Waals surface area (Å²) in [5, 5.41) is 0. The summed E-state index contributed by atoms with van der Waals surface area (Å²) in [5.74, 6) is -1.12. The molecular formula is C9H9BF3KO3. The van der Waals surface area contributed by atoms with Gasteiger partial charge in [-0.15, -0.1) is 0 Å². The van der Waals surface area contributed by atoms with Gasteiger partial charge in [0, 0.05) is 0 Å². The van der Waals surface area contributed by atoms with Gasteiger partial charge in [-0.3, -0.25) is 0 Å². The fraction of sp³-hybridized carbons (Fsp3) is 0.222. The first-order valence-corrected chi connectivity index (χ1v) is 4.36. The summed E-state index contributed by atoms with van der Waals surface area (Å²) in [7, 11) is 2.24. The molecule has 0 atom stereocenters. The fourth-order valence-electron chi connectivity index (χ4n) is 1.23. The van der Waals surface area contributed by atoms with Crippen LogP contribution < -0.4 is 61.6 Å². The molecule has 0 radical (unpaired) electrons. The van der Waals surface area contributed by atoms with Crippen molar-refractivity contribution in [3.8, 4) is 5.75 Å². The zero-order valence-electron chi connectivity index (χ0n) is 9.67. The molecule has 1 rings (SSSR count). The number of esters is 1. The molecule has 0 saturated carbocycles. The van der Waals surface area contributed by atoms with E-state index in [0.29, 0.717) is 0 Å². The second-order valence-electron chi connectivity index (χ2n) is 3.02. The molecule has 0 N–H and O–H groups in total. The first-order valence-electron chi connectivity index (χ1n) is 4.36. The van der Waals surface area contributed by atoms with Gasteiger partial charge in [0.05, 0.1) is 25.5 Å². The fourth-order valence-corrected chi connectivity index (χ4v) is 1.23. The van der Waals surface area contributed by atoms with Crippen LogP contribution in [0.5, 0.6) is 5.75 Å². The molecule has 3 nitrogen and oxygen atoms in total. The maximum absolute atomic E-state index is 12.6. The standard InChI is InChI=1S/C9H9BF3O3.K/c1-15-8-4-3-6(9(14)16-2)5-7(8)10(11,12)13;/h3-5H,1-2H3;/q-1;+1. The number of hydrogen-bond donors (Lipinski definition) is 0. The minimum atomic E-state index is -5.23. The summed E-state index contributed by atoms with van der Waals surface area (Å²) >= 11 is 0. The molecule has 1 aromatic carbocycles. The van der Waals surface area contributed by atoms with Gasteiger partial charge < -0.3 is 22.4 Å². The number of ether oxygens (including phenoxy) is 2. The van der Waals surface area contributed by atoms with Crippen LogP contribution in [0.25, 0.3) is 0 Å². The third-order valence-electron chi connectivity index (χ3n) is 2.00. The van der Waals surface area contributed by atoms with Crippen LogP contribution >= 0.6 is 0 Å². The van der Waals surface area contributed by atoms with Gasteiger partial charge in [-0.25, -0.2) is 4.79 Å². The largest absolute Gasteiger partial charge is 1.00 e. The molecule has 0 unspecified atom stereocenters. The zero-order chi connectivity index (χ0) is 12.3. The molecule has 0 aliphatic carbocycles. The zero-order valence-corrected chi connectivity index (χ0v) is 12.8. The van der Waals surface area contributed by atoms with Gasteiger partial charge in [0.15, 0.2) is 0 Å². The van der Waals surface area contributed by atoms with Crippen molar-refractivity contribution in [3.05, 3.63) is 23.8 Å². The van der Waals surface area contributed by atoms with Crippen molar-refractivity contribution >= 4 is 18.4 Å². The van der Waals surface area contributed by atoms with E-state index in [4.69, 9.17) is 0 Å². The Hall–Kier alpha value is -0.0187. The molecule has 0 aromatic heterocycles. The van der Waals surface area contributed by atoms with Gasteiger partial charge in [-0.2, -0.15) is 0 Å². The molecule has 0 saturated heterocycles. The van der Waals surface area contributed by atoms with Crippen LogP contribution in [0.1, 0.15) is 10.4 Å². The molecule has 0 amide bonds. The molecule has 0 fully saturated rings. The Kier molecular flexibility index (Phi) is 6.78. The predicted molar refractivity (Wildman–Crippen MR) is 53.0 cm³/mol. The van der Waals surface area contributed by atoms with Gasteiger partial charge in [-0.05, 0) is 12.1 Å². The van der Waals surface area contributed by atoms with Crippen molar-refractivity contribution in [1.29, 1.82) is 0 Å². The van der Waals surface area contributed by atoms with E-state index < -0.39 is 18.4 Å². The van der Waals surface area contributed by atoms with E-state index >= 15 is 0 Å². The van der Waals surface area contributed by atoms with Gasteiger partial charge in [-0.1, -0.05) is 11.5 Å². The number of carbonyl (C=O) groups is 1. The van der Waals surface area contributed by atoms with Crippen molar-refractivity contribution < 1.29 is 78.6 Å². The van der Waals surface area contributed by atoms with Crippen LogP contribution in [0.4, 0.5) is 12.9 Å².